The third-order valence-corrected chi connectivity index (χ3v) is 3.53. The minimum Gasteiger partial charge on any atom is -0.192 e. The van der Waals surface area contributed by atoms with E-state index in [0.29, 0.717) is 0 Å². The SMILES string of the molecule is CCc1ccc2cc(Cl)sc2c1C#N. The summed E-state index contributed by atoms with van der Waals surface area (Å²) in [7, 11) is 0. The first-order valence-electron chi connectivity index (χ1n) is 4.37. The molecule has 14 heavy (non-hydrogen) atoms. The van der Waals surface area contributed by atoms with Crippen LogP contribution >= 0.6 is 22.9 Å². The summed E-state index contributed by atoms with van der Waals surface area (Å²) in [5.74, 6) is 0. The fraction of sp³-hybridized carbons (Fsp3) is 0.182. The van der Waals surface area contributed by atoms with Gasteiger partial charge in [0.25, 0.3) is 0 Å². The summed E-state index contributed by atoms with van der Waals surface area (Å²) in [6.45, 7) is 2.05. The van der Waals surface area contributed by atoms with Gasteiger partial charge >= 0.3 is 0 Å². The Morgan fingerprint density at radius 2 is 2.29 bits per heavy atom. The smallest absolute Gasteiger partial charge is 0.101 e. The molecule has 1 aromatic carbocycles. The van der Waals surface area contributed by atoms with Crippen molar-refractivity contribution in [3.8, 4) is 6.07 Å². The summed E-state index contributed by atoms with van der Waals surface area (Å²) in [6, 6.07) is 8.19. The fourth-order valence-electron chi connectivity index (χ4n) is 1.53. The number of benzene rings is 1. The molecule has 0 unspecified atom stereocenters. The van der Waals surface area contributed by atoms with E-state index in [1.807, 2.05) is 18.2 Å². The van der Waals surface area contributed by atoms with Crippen molar-refractivity contribution in [3.63, 3.8) is 0 Å². The molecule has 0 spiro atoms. The van der Waals surface area contributed by atoms with E-state index in [1.54, 1.807) is 0 Å². The van der Waals surface area contributed by atoms with Crippen molar-refractivity contribution in [1.29, 1.82) is 5.26 Å². The molecule has 0 saturated carbocycles. The van der Waals surface area contributed by atoms with E-state index in [4.69, 9.17) is 16.9 Å². The number of fused-ring (bicyclic) bond motifs is 1. The molecule has 3 heteroatoms. The summed E-state index contributed by atoms with van der Waals surface area (Å²) in [4.78, 5) is 0. The van der Waals surface area contributed by atoms with Crippen molar-refractivity contribution in [2.75, 3.05) is 0 Å². The van der Waals surface area contributed by atoms with Crippen LogP contribution in [0.5, 0.6) is 0 Å². The van der Waals surface area contributed by atoms with E-state index < -0.39 is 0 Å². The summed E-state index contributed by atoms with van der Waals surface area (Å²) in [5, 5.41) is 10.1. The molecule has 2 rings (SSSR count). The third kappa shape index (κ3) is 1.39. The normalized spacial score (nSPS) is 10.4. The predicted molar refractivity (Wildman–Crippen MR) is 60.9 cm³/mol. The Labute approximate surface area is 91.5 Å². The highest BCUT2D eigenvalue weighted by Crippen LogP contribution is 2.33. The molecule has 0 amide bonds. The molecule has 0 saturated heterocycles. The van der Waals surface area contributed by atoms with Gasteiger partial charge in [-0.05, 0) is 23.4 Å². The van der Waals surface area contributed by atoms with Crippen molar-refractivity contribution >= 4 is 33.0 Å². The molecule has 2 aromatic rings. The topological polar surface area (TPSA) is 23.8 Å². The van der Waals surface area contributed by atoms with Gasteiger partial charge in [-0.25, -0.2) is 0 Å². The van der Waals surface area contributed by atoms with Gasteiger partial charge in [-0.1, -0.05) is 30.7 Å². The summed E-state index contributed by atoms with van der Waals surface area (Å²) in [5.41, 5.74) is 1.88. The molecule has 0 aliphatic heterocycles. The zero-order chi connectivity index (χ0) is 10.1. The Bertz CT molecular complexity index is 522. The van der Waals surface area contributed by atoms with Crippen LogP contribution in [0, 0.1) is 11.3 Å². The second kappa shape index (κ2) is 3.61. The largest absolute Gasteiger partial charge is 0.192 e. The van der Waals surface area contributed by atoms with E-state index in [2.05, 4.69) is 13.0 Å². The summed E-state index contributed by atoms with van der Waals surface area (Å²) >= 11 is 7.39. The van der Waals surface area contributed by atoms with E-state index in [1.165, 1.54) is 11.3 Å². The molecular formula is C11H8ClNS. The lowest BCUT2D eigenvalue weighted by Gasteiger charge is -2.00. The van der Waals surface area contributed by atoms with Crippen LogP contribution in [-0.2, 0) is 6.42 Å². The summed E-state index contributed by atoms with van der Waals surface area (Å²) < 4.78 is 1.75. The number of rotatable bonds is 1. The van der Waals surface area contributed by atoms with Gasteiger partial charge in [0.05, 0.1) is 14.6 Å². The van der Waals surface area contributed by atoms with Gasteiger partial charge < -0.3 is 0 Å². The minimum atomic E-state index is 0.741. The van der Waals surface area contributed by atoms with Gasteiger partial charge in [0.1, 0.15) is 6.07 Å². The second-order valence-electron chi connectivity index (χ2n) is 3.03. The number of hydrogen-bond acceptors (Lipinski definition) is 2. The Morgan fingerprint density at radius 1 is 1.50 bits per heavy atom. The van der Waals surface area contributed by atoms with Crippen LogP contribution in [0.1, 0.15) is 18.1 Å². The average molecular weight is 222 g/mol. The first-order chi connectivity index (χ1) is 6.76. The van der Waals surface area contributed by atoms with E-state index in [0.717, 1.165) is 32.0 Å². The number of nitrogens with zero attached hydrogens (tertiary/aromatic N) is 1. The van der Waals surface area contributed by atoms with E-state index >= 15 is 0 Å². The van der Waals surface area contributed by atoms with Crippen molar-refractivity contribution in [3.05, 3.63) is 33.7 Å². The molecule has 0 aliphatic carbocycles. The number of hydrogen-bond donors (Lipinski definition) is 0. The molecular weight excluding hydrogens is 214 g/mol. The summed E-state index contributed by atoms with van der Waals surface area (Å²) in [6.07, 6.45) is 0.883. The standard InChI is InChI=1S/C11H8ClNS/c1-2-7-3-4-8-5-10(12)14-11(8)9(7)6-13/h3-5H,2H2,1H3. The molecule has 0 fully saturated rings. The van der Waals surface area contributed by atoms with Crippen LogP contribution in [-0.4, -0.2) is 0 Å². The zero-order valence-electron chi connectivity index (χ0n) is 7.67. The van der Waals surface area contributed by atoms with Crippen LogP contribution in [0.15, 0.2) is 18.2 Å². The lowest BCUT2D eigenvalue weighted by atomic mass is 10.0. The molecule has 0 N–H and O–H groups in total. The number of halogens is 1. The van der Waals surface area contributed by atoms with Gasteiger partial charge in [0, 0.05) is 0 Å². The molecule has 1 aromatic heterocycles. The Morgan fingerprint density at radius 3 is 2.93 bits per heavy atom. The lowest BCUT2D eigenvalue weighted by molar-refractivity contribution is 1.14. The van der Waals surface area contributed by atoms with Gasteiger partial charge in [-0.2, -0.15) is 5.26 Å². The zero-order valence-corrected chi connectivity index (χ0v) is 9.25. The van der Waals surface area contributed by atoms with Crippen molar-refractivity contribution in [2.24, 2.45) is 0 Å². The minimum absolute atomic E-state index is 0.741. The van der Waals surface area contributed by atoms with Crippen LogP contribution in [0.3, 0.4) is 0 Å². The highest BCUT2D eigenvalue weighted by Gasteiger charge is 2.08. The Kier molecular flexibility index (Phi) is 2.45. The molecule has 70 valence electrons. The van der Waals surface area contributed by atoms with Crippen LogP contribution < -0.4 is 0 Å². The Hall–Kier alpha value is -1.04. The molecule has 1 heterocycles. The number of thiophene rings is 1. The van der Waals surface area contributed by atoms with Crippen molar-refractivity contribution < 1.29 is 0 Å². The average Bonchev–Trinajstić information content (AvgIpc) is 2.56. The fourth-order valence-corrected chi connectivity index (χ4v) is 2.78. The predicted octanol–water partition coefficient (Wildman–Crippen LogP) is 3.99. The molecule has 0 bridgehead atoms. The first-order valence-corrected chi connectivity index (χ1v) is 5.56. The maximum atomic E-state index is 9.07. The van der Waals surface area contributed by atoms with Crippen molar-refractivity contribution in [1.82, 2.24) is 0 Å². The molecule has 1 nitrogen and oxygen atoms in total. The van der Waals surface area contributed by atoms with E-state index in [-0.39, 0.29) is 0 Å². The van der Waals surface area contributed by atoms with Gasteiger partial charge in [0.2, 0.25) is 0 Å². The third-order valence-electron chi connectivity index (χ3n) is 2.24. The monoisotopic (exact) mass is 221 g/mol. The number of nitriles is 1. The van der Waals surface area contributed by atoms with Crippen LogP contribution in [0.2, 0.25) is 4.34 Å². The van der Waals surface area contributed by atoms with Gasteiger partial charge in [-0.3, -0.25) is 0 Å². The maximum Gasteiger partial charge on any atom is 0.101 e. The number of aryl methyl sites for hydroxylation is 1. The molecule has 0 aliphatic rings. The van der Waals surface area contributed by atoms with E-state index in [9.17, 15) is 0 Å². The highest BCUT2D eigenvalue weighted by atomic mass is 35.5. The molecule has 0 radical (unpaired) electrons. The van der Waals surface area contributed by atoms with Crippen molar-refractivity contribution in [2.45, 2.75) is 13.3 Å². The van der Waals surface area contributed by atoms with Crippen LogP contribution in [0.4, 0.5) is 0 Å². The second-order valence-corrected chi connectivity index (χ2v) is 4.72. The van der Waals surface area contributed by atoms with Gasteiger partial charge in [0.15, 0.2) is 0 Å². The highest BCUT2D eigenvalue weighted by molar-refractivity contribution is 7.22. The quantitative estimate of drug-likeness (QED) is 0.715. The first kappa shape index (κ1) is 9.51. The van der Waals surface area contributed by atoms with Gasteiger partial charge in [-0.15, -0.1) is 11.3 Å². The molecule has 0 atom stereocenters. The Balaban J connectivity index is 2.84. The maximum absolute atomic E-state index is 9.07. The van der Waals surface area contributed by atoms with Crippen LogP contribution in [0.25, 0.3) is 10.1 Å². The lowest BCUT2D eigenvalue weighted by Crippen LogP contribution is -1.86.